The second-order valence-corrected chi connectivity index (χ2v) is 8.03. The van der Waals surface area contributed by atoms with Crippen LogP contribution in [0.15, 0.2) is 72.8 Å². The third-order valence-corrected chi connectivity index (χ3v) is 3.80. The summed E-state index contributed by atoms with van der Waals surface area (Å²) < 4.78 is 0. The van der Waals surface area contributed by atoms with E-state index in [4.69, 9.17) is 9.90 Å². The molecule has 2 N–H and O–H groups in total. The third kappa shape index (κ3) is 18.4. The van der Waals surface area contributed by atoms with Gasteiger partial charge in [-0.05, 0) is 37.1 Å². The third-order valence-electron chi connectivity index (χ3n) is 3.80. The molecule has 188 valence electrons. The van der Waals surface area contributed by atoms with Crippen LogP contribution in [0.3, 0.4) is 0 Å². The van der Waals surface area contributed by atoms with E-state index in [0.29, 0.717) is 0 Å². The maximum atomic E-state index is 11.6. The van der Waals surface area contributed by atoms with Gasteiger partial charge in [0.15, 0.2) is 11.6 Å². The zero-order valence-corrected chi connectivity index (χ0v) is 21.9. The smallest absolute Gasteiger partial charge is 0.186 e. The Balaban J connectivity index is -0.000000463. The SMILES string of the molecule is C=O.CC.CC(C)(C)C(=O)/C=C/c1ccccc1.CC(C)(O)C(=O)/C=C/c1ccccc1.CO. The number of carbonyl (C=O) groups excluding carboxylic acids is 3. The molecule has 34 heavy (non-hydrogen) atoms. The molecule has 2 aromatic rings. The minimum Gasteiger partial charge on any atom is -0.400 e. The number of hydrogen-bond donors (Lipinski definition) is 2. The Morgan fingerprint density at radius 3 is 1.24 bits per heavy atom. The molecule has 0 radical (unpaired) electrons. The lowest BCUT2D eigenvalue weighted by molar-refractivity contribution is -0.128. The Bertz CT molecular complexity index is 753. The number of aliphatic hydroxyl groups excluding tert-OH is 1. The van der Waals surface area contributed by atoms with Crippen LogP contribution < -0.4 is 0 Å². The standard InChI is InChI=1S/C13H16O.C12H14O2.C2H6.CH4O.CH2O/c1-13(2,3)12(14)10-9-11-7-5-4-6-8-11;1-12(2,14)11(13)9-8-10-6-4-3-5-7-10;3*1-2/h4-10H,1-3H3;3-9,14H,1-2H3;1-2H3;2H,1H3;1H2/b10-9+;9-8+;;;. The fourth-order valence-electron chi connectivity index (χ4n) is 1.93. The molecule has 0 aromatic heterocycles. The number of benzene rings is 2. The van der Waals surface area contributed by atoms with Crippen molar-refractivity contribution < 1.29 is 24.6 Å². The first-order valence-corrected chi connectivity index (χ1v) is 11.0. The van der Waals surface area contributed by atoms with Crippen molar-refractivity contribution in [2.24, 2.45) is 5.41 Å². The molecule has 0 spiro atoms. The molecule has 0 aliphatic heterocycles. The Labute approximate surface area is 205 Å². The van der Waals surface area contributed by atoms with E-state index in [2.05, 4.69) is 0 Å². The molecule has 0 heterocycles. The van der Waals surface area contributed by atoms with Crippen molar-refractivity contribution in [1.82, 2.24) is 0 Å². The fraction of sp³-hybridized carbons (Fsp3) is 0.345. The second-order valence-electron chi connectivity index (χ2n) is 8.03. The van der Waals surface area contributed by atoms with Gasteiger partial charge in [-0.2, -0.15) is 0 Å². The topological polar surface area (TPSA) is 91.7 Å². The van der Waals surface area contributed by atoms with Gasteiger partial charge in [0.25, 0.3) is 0 Å². The van der Waals surface area contributed by atoms with Crippen molar-refractivity contribution >= 4 is 30.5 Å². The summed E-state index contributed by atoms with van der Waals surface area (Å²) in [6.45, 7) is 14.7. The minimum atomic E-state index is -1.29. The first kappa shape index (κ1) is 35.4. The van der Waals surface area contributed by atoms with E-state index in [9.17, 15) is 14.7 Å². The zero-order chi connectivity index (χ0) is 27.2. The number of hydrogen-bond acceptors (Lipinski definition) is 5. The highest BCUT2D eigenvalue weighted by Crippen LogP contribution is 2.16. The number of aliphatic hydroxyl groups is 2. The molecule has 0 atom stereocenters. The molecule has 0 saturated carbocycles. The summed E-state index contributed by atoms with van der Waals surface area (Å²) in [6, 6.07) is 19.3. The van der Waals surface area contributed by atoms with E-state index in [-0.39, 0.29) is 17.0 Å². The number of carbonyl (C=O) groups is 3. The molecule has 5 heteroatoms. The summed E-state index contributed by atoms with van der Waals surface area (Å²) in [7, 11) is 1.00. The largest absolute Gasteiger partial charge is 0.400 e. The van der Waals surface area contributed by atoms with Gasteiger partial charge < -0.3 is 15.0 Å². The Hall–Kier alpha value is -3.15. The molecule has 2 rings (SSSR count). The average molecular weight is 471 g/mol. The molecule has 0 aliphatic carbocycles. The van der Waals surface area contributed by atoms with Crippen LogP contribution in [-0.2, 0) is 14.4 Å². The normalized spacial score (nSPS) is 10.3. The monoisotopic (exact) mass is 470 g/mol. The maximum absolute atomic E-state index is 11.6. The van der Waals surface area contributed by atoms with Gasteiger partial charge in [0.1, 0.15) is 12.4 Å². The second kappa shape index (κ2) is 20.5. The molecule has 5 nitrogen and oxygen atoms in total. The van der Waals surface area contributed by atoms with Crippen molar-refractivity contribution in [1.29, 1.82) is 0 Å². The number of rotatable bonds is 5. The van der Waals surface area contributed by atoms with Crippen molar-refractivity contribution in [3.8, 4) is 0 Å². The summed E-state index contributed by atoms with van der Waals surface area (Å²) in [5, 5.41) is 16.4. The average Bonchev–Trinajstić information content (AvgIpc) is 2.85. The maximum Gasteiger partial charge on any atom is 0.186 e. The van der Waals surface area contributed by atoms with Crippen molar-refractivity contribution in [3.05, 3.63) is 83.9 Å². The van der Waals surface area contributed by atoms with Crippen LogP contribution in [0.5, 0.6) is 0 Å². The van der Waals surface area contributed by atoms with Gasteiger partial charge in [0, 0.05) is 12.5 Å². The van der Waals surface area contributed by atoms with Gasteiger partial charge in [0.2, 0.25) is 0 Å². The molecule has 0 unspecified atom stereocenters. The highest BCUT2D eigenvalue weighted by molar-refractivity contribution is 5.99. The molecular weight excluding hydrogens is 428 g/mol. The van der Waals surface area contributed by atoms with Crippen LogP contribution in [0.25, 0.3) is 12.2 Å². The predicted octanol–water partition coefficient (Wildman–Crippen LogP) is 5.80. The summed E-state index contributed by atoms with van der Waals surface area (Å²) in [5.41, 5.74) is 0.437. The molecular formula is C29H42O5. The zero-order valence-electron chi connectivity index (χ0n) is 21.9. The molecule has 0 fully saturated rings. The van der Waals surface area contributed by atoms with E-state index in [1.54, 1.807) is 12.2 Å². The highest BCUT2D eigenvalue weighted by Gasteiger charge is 2.20. The first-order chi connectivity index (χ1) is 16.0. The summed E-state index contributed by atoms with van der Waals surface area (Å²) >= 11 is 0. The van der Waals surface area contributed by atoms with E-state index in [1.165, 1.54) is 19.9 Å². The number of allylic oxidation sites excluding steroid dienone is 1. The Kier molecular flexibility index (Phi) is 21.3. The van der Waals surface area contributed by atoms with Gasteiger partial charge in [-0.3, -0.25) is 9.59 Å². The lowest BCUT2D eigenvalue weighted by Gasteiger charge is -2.12. The van der Waals surface area contributed by atoms with E-state index in [0.717, 1.165) is 18.2 Å². The van der Waals surface area contributed by atoms with Gasteiger partial charge in [-0.15, -0.1) is 0 Å². The van der Waals surface area contributed by atoms with E-state index < -0.39 is 5.60 Å². The predicted molar refractivity (Wildman–Crippen MR) is 143 cm³/mol. The summed E-state index contributed by atoms with van der Waals surface area (Å²) in [4.78, 5) is 30.9. The minimum absolute atomic E-state index is 0.154. The Morgan fingerprint density at radius 1 is 0.676 bits per heavy atom. The Morgan fingerprint density at radius 2 is 0.971 bits per heavy atom. The summed E-state index contributed by atoms with van der Waals surface area (Å²) in [5.74, 6) is -0.136. The van der Waals surface area contributed by atoms with E-state index in [1.807, 2.05) is 108 Å². The highest BCUT2D eigenvalue weighted by atomic mass is 16.3. The number of ketones is 2. The van der Waals surface area contributed by atoms with Crippen molar-refractivity contribution in [2.45, 2.75) is 54.1 Å². The molecule has 2 aromatic carbocycles. The van der Waals surface area contributed by atoms with Gasteiger partial charge in [-0.1, -0.05) is 107 Å². The quantitative estimate of drug-likeness (QED) is 0.539. The first-order valence-electron chi connectivity index (χ1n) is 11.0. The lowest BCUT2D eigenvalue weighted by atomic mass is 9.90. The molecule has 0 aliphatic rings. The van der Waals surface area contributed by atoms with Crippen LogP contribution in [0.2, 0.25) is 0 Å². The van der Waals surface area contributed by atoms with Gasteiger partial charge in [-0.25, -0.2) is 0 Å². The fourth-order valence-corrected chi connectivity index (χ4v) is 1.93. The lowest BCUT2D eigenvalue weighted by Crippen LogP contribution is -2.29. The molecule has 0 amide bonds. The van der Waals surface area contributed by atoms with Crippen molar-refractivity contribution in [3.63, 3.8) is 0 Å². The van der Waals surface area contributed by atoms with Crippen LogP contribution in [0.4, 0.5) is 0 Å². The van der Waals surface area contributed by atoms with Gasteiger partial charge >= 0.3 is 0 Å². The molecule has 0 bridgehead atoms. The van der Waals surface area contributed by atoms with E-state index >= 15 is 0 Å². The van der Waals surface area contributed by atoms with Crippen LogP contribution in [-0.4, -0.2) is 41.3 Å². The van der Waals surface area contributed by atoms with Crippen molar-refractivity contribution in [2.75, 3.05) is 7.11 Å². The van der Waals surface area contributed by atoms with Crippen LogP contribution in [0.1, 0.15) is 59.6 Å². The van der Waals surface area contributed by atoms with Gasteiger partial charge in [0.05, 0.1) is 0 Å². The summed E-state index contributed by atoms with van der Waals surface area (Å²) in [6.07, 6.45) is 6.60. The van der Waals surface area contributed by atoms with Crippen LogP contribution in [0, 0.1) is 5.41 Å². The van der Waals surface area contributed by atoms with Crippen LogP contribution >= 0.6 is 0 Å². The molecule has 0 saturated heterocycles.